The molecule has 8 heterocycles. The molecule has 0 saturated carbocycles. The van der Waals surface area contributed by atoms with Gasteiger partial charge in [-0.15, -0.1) is 0 Å². The quantitative estimate of drug-likeness (QED) is 0.196. The maximum Gasteiger partial charge on any atom is 0.202 e. The number of rotatable bonds is 11. The van der Waals surface area contributed by atoms with Gasteiger partial charge in [0.1, 0.15) is 72.2 Å². The lowest BCUT2D eigenvalue weighted by Crippen LogP contribution is -2.62. The molecular formula is C60H80N2O22. The molecule has 0 radical (unpaired) electrons. The van der Waals surface area contributed by atoms with Crippen LogP contribution in [0.15, 0.2) is 18.2 Å². The number of phenols is 3. The fourth-order valence-corrected chi connectivity index (χ4v) is 14.4. The molecule has 2 aromatic rings. The average Bonchev–Trinajstić information content (AvgIpc) is 0.829. The van der Waals surface area contributed by atoms with E-state index in [4.69, 9.17) is 66.3 Å². The second kappa shape index (κ2) is 23.1. The molecule has 462 valence electrons. The number of hydrogen-bond donors (Lipinski definition) is 4. The molecule has 8 aliphatic heterocycles. The van der Waals surface area contributed by atoms with E-state index in [0.29, 0.717) is 12.8 Å². The van der Waals surface area contributed by atoms with Crippen molar-refractivity contribution >= 4 is 23.1 Å². The molecular weight excluding hydrogens is 1100 g/mol. The largest absolute Gasteiger partial charge is 0.507 e. The van der Waals surface area contributed by atoms with Crippen LogP contribution in [0.5, 0.6) is 17.2 Å². The van der Waals surface area contributed by atoms with Crippen LogP contribution in [-0.4, -0.2) is 222 Å². The first-order valence-corrected chi connectivity index (χ1v) is 29.7. The van der Waals surface area contributed by atoms with Gasteiger partial charge in [-0.2, -0.15) is 0 Å². The zero-order chi connectivity index (χ0) is 59.7. The molecule has 0 amide bonds. The van der Waals surface area contributed by atoms with Gasteiger partial charge in [0.2, 0.25) is 5.78 Å². The first kappa shape index (κ1) is 60.1. The van der Waals surface area contributed by atoms with Gasteiger partial charge in [-0.25, -0.2) is 0 Å². The Morgan fingerprint density at radius 1 is 0.548 bits per heavy atom. The second-order valence-corrected chi connectivity index (χ2v) is 25.0. The molecule has 24 nitrogen and oxygen atoms in total. The minimum atomic E-state index is -1.83. The van der Waals surface area contributed by atoms with Crippen LogP contribution in [0.1, 0.15) is 155 Å². The van der Waals surface area contributed by atoms with E-state index in [1.807, 2.05) is 65.7 Å². The van der Waals surface area contributed by atoms with Crippen LogP contribution < -0.4 is 0 Å². The standard InChI is InChI=1S/C60H80N2O22/c1-12-60(70)22-41(79-42-16-31(61(8)9)53(25(4)71-42)80-44-20-37-55(27(6)73-44)83-58-39(77-37)18-35(65)23(2)75-58)29-15-30-46(52(69)49-34(64)14-13-33(63)48(49)50(30)67)51(68)47(29)57(60)82-43-17-32(62(10)11)54(26(5)72-43)81-45-21-38-56(28(7)74-45)84-59-40(78-38)19-36(66)24(3)76-59/h13-15,23-28,31-32,37-45,53-59,63-64,68,70H,12,16-22H2,1-11H3. The van der Waals surface area contributed by atoms with Crippen molar-refractivity contribution in [3.63, 3.8) is 0 Å². The number of phenolic OH excluding ortho intramolecular Hbond substituents is 3. The van der Waals surface area contributed by atoms with Gasteiger partial charge in [0.15, 0.2) is 55.1 Å². The summed E-state index contributed by atoms with van der Waals surface area (Å²) in [4.78, 5) is 58.3. The topological polar surface area (TPSA) is 285 Å². The van der Waals surface area contributed by atoms with Crippen molar-refractivity contribution in [1.82, 2.24) is 9.80 Å². The fourth-order valence-electron chi connectivity index (χ4n) is 14.4. The van der Waals surface area contributed by atoms with Gasteiger partial charge >= 0.3 is 0 Å². The van der Waals surface area contributed by atoms with E-state index in [2.05, 4.69) is 0 Å². The van der Waals surface area contributed by atoms with E-state index in [1.54, 1.807) is 20.8 Å². The summed E-state index contributed by atoms with van der Waals surface area (Å²) in [5.74, 6) is -3.64. The van der Waals surface area contributed by atoms with Gasteiger partial charge in [0.05, 0.1) is 65.0 Å². The van der Waals surface area contributed by atoms with Gasteiger partial charge in [-0.3, -0.25) is 19.2 Å². The van der Waals surface area contributed by atoms with Crippen LogP contribution in [0, 0.1) is 0 Å². The number of aliphatic hydroxyl groups is 1. The van der Waals surface area contributed by atoms with Crippen molar-refractivity contribution in [2.24, 2.45) is 0 Å². The zero-order valence-electron chi connectivity index (χ0n) is 49.3. The summed E-state index contributed by atoms with van der Waals surface area (Å²) in [5, 5.41) is 47.9. The molecule has 10 aliphatic rings. The van der Waals surface area contributed by atoms with Crippen molar-refractivity contribution in [3.05, 3.63) is 51.6 Å². The lowest BCUT2D eigenvalue weighted by Gasteiger charge is -2.51. The Labute approximate surface area is 487 Å². The van der Waals surface area contributed by atoms with Crippen LogP contribution >= 0.6 is 0 Å². The van der Waals surface area contributed by atoms with E-state index in [9.17, 15) is 39.6 Å². The van der Waals surface area contributed by atoms with E-state index in [1.165, 1.54) is 6.07 Å². The van der Waals surface area contributed by atoms with Gasteiger partial charge in [-0.1, -0.05) is 6.92 Å². The number of ketones is 4. The number of likely N-dealkylation sites (N-methyl/N-ethyl adjacent to an activating group) is 2. The molecule has 2 aliphatic carbocycles. The average molecular weight is 1180 g/mol. The molecule has 25 atom stereocenters. The maximum absolute atomic E-state index is 14.6. The molecule has 2 aromatic carbocycles. The van der Waals surface area contributed by atoms with Gasteiger partial charge < -0.3 is 96.5 Å². The summed E-state index contributed by atoms with van der Waals surface area (Å²) in [7, 11) is 7.63. The summed E-state index contributed by atoms with van der Waals surface area (Å²) >= 11 is 0. The normalized spacial score (nSPS) is 43.9. The first-order valence-electron chi connectivity index (χ1n) is 29.7. The molecule has 24 heteroatoms. The van der Waals surface area contributed by atoms with Gasteiger partial charge in [0.25, 0.3) is 0 Å². The van der Waals surface area contributed by atoms with Gasteiger partial charge in [-0.05, 0) is 99.9 Å². The predicted octanol–water partition coefficient (Wildman–Crippen LogP) is 4.12. The van der Waals surface area contributed by atoms with Crippen LogP contribution in [0.2, 0.25) is 0 Å². The lowest BCUT2D eigenvalue weighted by atomic mass is 9.71. The highest BCUT2D eigenvalue weighted by Crippen LogP contribution is 2.56. The van der Waals surface area contributed by atoms with E-state index < -0.39 is 187 Å². The number of Topliss-reactive ketones (excluding diaryl/α,β-unsaturated/α-hetero) is 2. The molecule has 0 spiro atoms. The number of carbonyl (C=O) groups excluding carboxylic acids is 4. The van der Waals surface area contributed by atoms with Crippen molar-refractivity contribution < 1.29 is 106 Å². The van der Waals surface area contributed by atoms with Gasteiger partial charge in [0, 0.05) is 68.2 Å². The van der Waals surface area contributed by atoms with Crippen molar-refractivity contribution in [2.45, 2.75) is 253 Å². The highest BCUT2D eigenvalue weighted by atomic mass is 16.8. The smallest absolute Gasteiger partial charge is 0.202 e. The molecule has 8 fully saturated rings. The SMILES string of the molecule is CCC1(O)CC(OC2CC(N(C)C)C(OC3CC4OC5CC(=O)C(C)OC5OC4C(C)O3)C(C)O2)c2cc3c(c(O)c2C1OC1CC(N(C)C)C(OC2CC4OC5CC(=O)C(C)OC5OC4C(C)O2)C(C)O1)C(=O)c1c(O)ccc(O)c1C3=O. The Bertz CT molecular complexity index is 2870. The Balaban J connectivity index is 0.801. The summed E-state index contributed by atoms with van der Waals surface area (Å²) < 4.78 is 90.8. The number of aromatic hydroxyl groups is 3. The van der Waals surface area contributed by atoms with E-state index in [-0.39, 0.29) is 78.9 Å². The van der Waals surface area contributed by atoms with Crippen LogP contribution in [-0.2, 0) is 75.9 Å². The predicted molar refractivity (Wildman–Crippen MR) is 288 cm³/mol. The summed E-state index contributed by atoms with van der Waals surface area (Å²) in [5.41, 5.74) is -3.22. The van der Waals surface area contributed by atoms with Crippen LogP contribution in [0.4, 0.5) is 0 Å². The highest BCUT2D eigenvalue weighted by Gasteiger charge is 2.57. The van der Waals surface area contributed by atoms with Crippen molar-refractivity contribution in [3.8, 4) is 17.2 Å². The molecule has 25 unspecified atom stereocenters. The molecule has 0 aromatic heterocycles. The maximum atomic E-state index is 14.6. The van der Waals surface area contributed by atoms with E-state index in [0.717, 1.165) is 12.1 Å². The van der Waals surface area contributed by atoms with Crippen LogP contribution in [0.3, 0.4) is 0 Å². The third-order valence-electron chi connectivity index (χ3n) is 19.1. The first-order chi connectivity index (χ1) is 39.9. The third-order valence-corrected chi connectivity index (χ3v) is 19.1. The molecule has 0 bridgehead atoms. The Morgan fingerprint density at radius 2 is 1.00 bits per heavy atom. The van der Waals surface area contributed by atoms with E-state index >= 15 is 0 Å². The Hall–Kier alpha value is -4.16. The minimum Gasteiger partial charge on any atom is -0.507 e. The second-order valence-electron chi connectivity index (χ2n) is 25.0. The number of nitrogens with zero attached hydrogens (tertiary/aromatic N) is 2. The molecule has 8 saturated heterocycles. The number of benzene rings is 2. The van der Waals surface area contributed by atoms with Crippen molar-refractivity contribution in [2.75, 3.05) is 28.2 Å². The minimum absolute atomic E-state index is 0.0276. The Morgan fingerprint density at radius 3 is 1.48 bits per heavy atom. The van der Waals surface area contributed by atoms with Crippen LogP contribution in [0.25, 0.3) is 0 Å². The Kier molecular flexibility index (Phi) is 16.5. The monoisotopic (exact) mass is 1180 g/mol. The highest BCUT2D eigenvalue weighted by molar-refractivity contribution is 6.31. The molecule has 84 heavy (non-hydrogen) atoms. The summed E-state index contributed by atoms with van der Waals surface area (Å²) in [6, 6.07) is 2.94. The molecule has 4 N–H and O–H groups in total. The number of hydrogen-bond acceptors (Lipinski definition) is 24. The summed E-state index contributed by atoms with van der Waals surface area (Å²) in [6.45, 7) is 12.6. The summed E-state index contributed by atoms with van der Waals surface area (Å²) in [6.07, 6.45) is -13.4. The lowest BCUT2D eigenvalue weighted by molar-refractivity contribution is -0.372. The third kappa shape index (κ3) is 10.7. The number of fused-ring (bicyclic) bond motifs is 7. The zero-order valence-corrected chi connectivity index (χ0v) is 49.3. The molecule has 12 rings (SSSR count). The number of carbonyl (C=O) groups is 4. The number of ether oxygens (including phenoxy) is 14. The van der Waals surface area contributed by atoms with Crippen molar-refractivity contribution in [1.29, 1.82) is 0 Å². The fraction of sp³-hybridized carbons (Fsp3) is 0.733.